The van der Waals surface area contributed by atoms with Crippen LogP contribution in [-0.2, 0) is 9.59 Å². The largest absolute Gasteiger partial charge is 0.347 e. The zero-order valence-electron chi connectivity index (χ0n) is 11.6. The number of rotatable bonds is 4. The average Bonchev–Trinajstić information content (AvgIpc) is 2.98. The van der Waals surface area contributed by atoms with E-state index in [0.29, 0.717) is 12.5 Å². The zero-order chi connectivity index (χ0) is 13.7. The minimum Gasteiger partial charge on any atom is -0.347 e. The summed E-state index contributed by atoms with van der Waals surface area (Å²) in [5.74, 6) is 0.607. The summed E-state index contributed by atoms with van der Waals surface area (Å²) < 4.78 is 0. The summed E-state index contributed by atoms with van der Waals surface area (Å²) in [6.45, 7) is 2.50. The molecule has 1 saturated carbocycles. The topological polar surface area (TPSA) is 75.4 Å². The van der Waals surface area contributed by atoms with Crippen LogP contribution in [0.4, 0.5) is 0 Å². The van der Waals surface area contributed by atoms with Gasteiger partial charge in [0.25, 0.3) is 0 Å². The molecule has 5 heteroatoms. The maximum absolute atomic E-state index is 12.1. The lowest BCUT2D eigenvalue weighted by atomic mass is 9.81. The van der Waals surface area contributed by atoms with Crippen molar-refractivity contribution in [3.63, 3.8) is 0 Å². The molecule has 2 aliphatic rings. The molecule has 2 rings (SSSR count). The minimum atomic E-state index is 0.0331. The van der Waals surface area contributed by atoms with Crippen molar-refractivity contribution in [1.82, 2.24) is 10.2 Å². The average molecular weight is 267 g/mol. The number of hydrogen-bond donors (Lipinski definition) is 2. The Labute approximate surface area is 114 Å². The molecule has 1 aliphatic carbocycles. The smallest absolute Gasteiger partial charge is 0.241 e. The number of nitrogens with one attached hydrogen (secondary N) is 1. The molecule has 3 N–H and O–H groups in total. The van der Waals surface area contributed by atoms with Crippen LogP contribution in [0.3, 0.4) is 0 Å². The van der Waals surface area contributed by atoms with Crippen LogP contribution in [-0.4, -0.2) is 42.9 Å². The molecule has 5 nitrogen and oxygen atoms in total. The third-order valence-electron chi connectivity index (χ3n) is 4.36. The fraction of sp³-hybridized carbons (Fsp3) is 0.857. The van der Waals surface area contributed by atoms with Gasteiger partial charge in [-0.3, -0.25) is 9.59 Å². The van der Waals surface area contributed by atoms with E-state index in [0.717, 1.165) is 51.6 Å². The van der Waals surface area contributed by atoms with Crippen LogP contribution in [0.1, 0.15) is 38.5 Å². The van der Waals surface area contributed by atoms with E-state index in [4.69, 9.17) is 5.73 Å². The fourth-order valence-corrected chi connectivity index (χ4v) is 3.13. The van der Waals surface area contributed by atoms with Crippen LogP contribution in [0.25, 0.3) is 0 Å². The Bertz CT molecular complexity index is 327. The third-order valence-corrected chi connectivity index (χ3v) is 4.36. The predicted octanol–water partition coefficient (Wildman–Crippen LogP) is 0.490. The van der Waals surface area contributed by atoms with Gasteiger partial charge in [0.05, 0.1) is 6.54 Å². The quantitative estimate of drug-likeness (QED) is 0.778. The Balaban J connectivity index is 1.72. The van der Waals surface area contributed by atoms with Gasteiger partial charge in [0.2, 0.25) is 11.8 Å². The molecular formula is C14H25N3O2. The second kappa shape index (κ2) is 6.89. The number of carbonyl (C=O) groups excluding carboxylic acids is 2. The normalized spacial score (nSPS) is 27.3. The number of carbonyl (C=O) groups is 2. The Morgan fingerprint density at radius 1 is 1.16 bits per heavy atom. The molecule has 0 aromatic heterocycles. The van der Waals surface area contributed by atoms with Gasteiger partial charge in [-0.05, 0) is 44.6 Å². The number of amides is 2. The summed E-state index contributed by atoms with van der Waals surface area (Å²) in [7, 11) is 0. The predicted molar refractivity (Wildman–Crippen MR) is 73.3 cm³/mol. The van der Waals surface area contributed by atoms with Crippen LogP contribution in [0, 0.1) is 11.8 Å². The van der Waals surface area contributed by atoms with E-state index in [1.54, 1.807) is 0 Å². The Kier molecular flexibility index (Phi) is 5.19. The lowest BCUT2D eigenvalue weighted by Gasteiger charge is -2.27. The van der Waals surface area contributed by atoms with Gasteiger partial charge in [-0.1, -0.05) is 6.42 Å². The van der Waals surface area contributed by atoms with Crippen LogP contribution < -0.4 is 11.1 Å². The number of hydrogen-bond acceptors (Lipinski definition) is 3. The number of nitrogens with zero attached hydrogens (tertiary/aromatic N) is 1. The lowest BCUT2D eigenvalue weighted by molar-refractivity contribution is -0.133. The van der Waals surface area contributed by atoms with Crippen LogP contribution in [0.15, 0.2) is 0 Å². The van der Waals surface area contributed by atoms with Crippen molar-refractivity contribution in [2.24, 2.45) is 17.6 Å². The summed E-state index contributed by atoms with van der Waals surface area (Å²) >= 11 is 0. The molecule has 0 bridgehead atoms. The van der Waals surface area contributed by atoms with Crippen LogP contribution in [0.2, 0.25) is 0 Å². The highest BCUT2D eigenvalue weighted by Crippen LogP contribution is 2.28. The first kappa shape index (κ1) is 14.3. The van der Waals surface area contributed by atoms with Crippen LogP contribution in [0.5, 0.6) is 0 Å². The summed E-state index contributed by atoms with van der Waals surface area (Å²) in [5, 5.41) is 2.80. The monoisotopic (exact) mass is 267 g/mol. The van der Waals surface area contributed by atoms with Gasteiger partial charge < -0.3 is 16.0 Å². The maximum atomic E-state index is 12.1. The van der Waals surface area contributed by atoms with Gasteiger partial charge in [-0.15, -0.1) is 0 Å². The molecule has 2 unspecified atom stereocenters. The highest BCUT2D eigenvalue weighted by Gasteiger charge is 2.27. The van der Waals surface area contributed by atoms with Crippen molar-refractivity contribution >= 4 is 11.8 Å². The van der Waals surface area contributed by atoms with E-state index in [1.807, 2.05) is 4.90 Å². The van der Waals surface area contributed by atoms with Crippen LogP contribution >= 0.6 is 0 Å². The van der Waals surface area contributed by atoms with Gasteiger partial charge in [-0.2, -0.15) is 0 Å². The van der Waals surface area contributed by atoms with E-state index in [2.05, 4.69) is 5.32 Å². The van der Waals surface area contributed by atoms with Gasteiger partial charge in [-0.25, -0.2) is 0 Å². The second-order valence-corrected chi connectivity index (χ2v) is 5.77. The van der Waals surface area contributed by atoms with E-state index in [-0.39, 0.29) is 24.3 Å². The minimum absolute atomic E-state index is 0.0331. The third kappa shape index (κ3) is 3.93. The second-order valence-electron chi connectivity index (χ2n) is 5.77. The molecule has 108 valence electrons. The maximum Gasteiger partial charge on any atom is 0.241 e. The SMILES string of the molecule is NCC1CCCC(C(=O)NCC(=O)N2CCCC2)C1. The van der Waals surface area contributed by atoms with Gasteiger partial charge in [0, 0.05) is 19.0 Å². The summed E-state index contributed by atoms with van der Waals surface area (Å²) in [4.78, 5) is 25.7. The molecule has 1 heterocycles. The molecule has 0 aromatic carbocycles. The highest BCUT2D eigenvalue weighted by atomic mass is 16.2. The summed E-state index contributed by atoms with van der Waals surface area (Å²) in [6.07, 6.45) is 6.18. The van der Waals surface area contributed by atoms with Crippen molar-refractivity contribution < 1.29 is 9.59 Å². The van der Waals surface area contributed by atoms with E-state index in [1.165, 1.54) is 0 Å². The van der Waals surface area contributed by atoms with E-state index in [9.17, 15) is 9.59 Å². The summed E-state index contributed by atoms with van der Waals surface area (Å²) in [6, 6.07) is 0. The molecule has 1 aliphatic heterocycles. The highest BCUT2D eigenvalue weighted by molar-refractivity contribution is 5.86. The molecule has 0 aromatic rings. The van der Waals surface area contributed by atoms with Gasteiger partial charge in [0.15, 0.2) is 0 Å². The molecule has 0 spiro atoms. The zero-order valence-corrected chi connectivity index (χ0v) is 11.6. The van der Waals surface area contributed by atoms with Crippen molar-refractivity contribution in [2.45, 2.75) is 38.5 Å². The first-order chi connectivity index (χ1) is 9.20. The van der Waals surface area contributed by atoms with Crippen molar-refractivity contribution in [3.05, 3.63) is 0 Å². The lowest BCUT2D eigenvalue weighted by Crippen LogP contribution is -2.42. The van der Waals surface area contributed by atoms with Gasteiger partial charge >= 0.3 is 0 Å². The molecule has 19 heavy (non-hydrogen) atoms. The molecule has 2 amide bonds. The fourth-order valence-electron chi connectivity index (χ4n) is 3.13. The van der Waals surface area contributed by atoms with Gasteiger partial charge in [0.1, 0.15) is 0 Å². The molecule has 0 radical (unpaired) electrons. The van der Waals surface area contributed by atoms with Crippen molar-refractivity contribution in [3.8, 4) is 0 Å². The molecule has 2 fully saturated rings. The molecule has 2 atom stereocenters. The van der Waals surface area contributed by atoms with E-state index >= 15 is 0 Å². The Hall–Kier alpha value is -1.10. The standard InChI is InChI=1S/C14H25N3O2/c15-9-11-4-3-5-12(8-11)14(19)16-10-13(18)17-6-1-2-7-17/h11-12H,1-10,15H2,(H,16,19). The number of likely N-dealkylation sites (tertiary alicyclic amines) is 1. The van der Waals surface area contributed by atoms with Crippen molar-refractivity contribution in [2.75, 3.05) is 26.2 Å². The van der Waals surface area contributed by atoms with E-state index < -0.39 is 0 Å². The first-order valence-electron chi connectivity index (χ1n) is 7.46. The number of nitrogens with two attached hydrogens (primary N) is 1. The first-order valence-corrected chi connectivity index (χ1v) is 7.46. The molecule has 1 saturated heterocycles. The Morgan fingerprint density at radius 3 is 2.58 bits per heavy atom. The Morgan fingerprint density at radius 2 is 1.89 bits per heavy atom. The van der Waals surface area contributed by atoms with Crippen molar-refractivity contribution in [1.29, 1.82) is 0 Å². The molecular weight excluding hydrogens is 242 g/mol. The summed E-state index contributed by atoms with van der Waals surface area (Å²) in [5.41, 5.74) is 5.68.